The molecule has 0 aliphatic rings. The lowest BCUT2D eigenvalue weighted by molar-refractivity contribution is -0.137. The molecule has 9 heteroatoms. The molecule has 0 fully saturated rings. The van der Waals surface area contributed by atoms with Gasteiger partial charge in [0.2, 0.25) is 0 Å². The summed E-state index contributed by atoms with van der Waals surface area (Å²) in [5.41, 5.74) is 10.1. The van der Waals surface area contributed by atoms with Gasteiger partial charge < -0.3 is 13.7 Å². The van der Waals surface area contributed by atoms with E-state index < -0.39 is 11.7 Å². The molecule has 0 atom stereocenters. The maximum atomic E-state index is 15.4. The first-order valence-electron chi connectivity index (χ1n) is 24.1. The molecule has 6 nitrogen and oxygen atoms in total. The first-order chi connectivity index (χ1) is 35.9. The number of benzene rings is 10. The fraction of sp³-hybridized carbons (Fsp3) is 0.0156. The highest BCUT2D eigenvalue weighted by atomic mass is 19.4. The van der Waals surface area contributed by atoms with Crippen molar-refractivity contribution in [1.82, 2.24) is 28.7 Å². The molecule has 0 aliphatic carbocycles. The van der Waals surface area contributed by atoms with Crippen molar-refractivity contribution in [1.29, 1.82) is 0 Å². The molecule has 4 heterocycles. The first-order valence-corrected chi connectivity index (χ1v) is 24.1. The number of rotatable bonds is 7. The molecule has 0 saturated heterocycles. The standard InChI is InChI=1S/C64H39F3N6/c65-64(66,67)54-26-12-7-21-45(54)53-37-42(33-36-52(53)63-69-61(40-17-3-1-4-18-40)68-62(70-63)41-19-5-2-6-20-41)73-59-38-43(71-55-27-13-8-22-46(55)47-23-9-14-28-56(47)71)31-34-50(59)51-35-32-44(39-60(51)73)72-57-29-15-10-24-48(57)49-25-11-16-30-58(49)72/h1-39H. The smallest absolute Gasteiger partial charge is 0.309 e. The van der Waals surface area contributed by atoms with Crippen LogP contribution in [0.15, 0.2) is 237 Å². The number of aromatic nitrogens is 6. The summed E-state index contributed by atoms with van der Waals surface area (Å²) in [4.78, 5) is 15.0. The topological polar surface area (TPSA) is 53.5 Å². The van der Waals surface area contributed by atoms with Gasteiger partial charge in [-0.3, -0.25) is 0 Å². The maximum Gasteiger partial charge on any atom is 0.417 e. The Bertz CT molecular complexity index is 4160. The van der Waals surface area contributed by atoms with E-state index in [1.165, 1.54) is 12.1 Å². The normalized spacial score (nSPS) is 12.0. The largest absolute Gasteiger partial charge is 0.417 e. The molecule has 0 spiro atoms. The molecule has 14 rings (SSSR count). The second-order valence-corrected chi connectivity index (χ2v) is 18.3. The SMILES string of the molecule is FC(F)(F)c1ccccc1-c1cc(-n2c3cc(-n4c5ccccc5c5ccccc54)ccc3c3ccc(-n4c5ccccc5c5ccccc54)cc32)ccc1-c1nc(-c2ccccc2)nc(-c2ccccc2)n1. The van der Waals surface area contributed by atoms with E-state index in [4.69, 9.17) is 15.0 Å². The van der Waals surface area contributed by atoms with Crippen LogP contribution in [0.3, 0.4) is 0 Å². The van der Waals surface area contributed by atoms with Gasteiger partial charge in [-0.05, 0) is 83.9 Å². The van der Waals surface area contributed by atoms with Crippen molar-refractivity contribution < 1.29 is 13.2 Å². The van der Waals surface area contributed by atoms with Crippen LogP contribution in [0.5, 0.6) is 0 Å². The van der Waals surface area contributed by atoms with E-state index in [9.17, 15) is 0 Å². The Hall–Kier alpha value is -9.60. The van der Waals surface area contributed by atoms with Crippen LogP contribution in [0.1, 0.15) is 5.56 Å². The minimum Gasteiger partial charge on any atom is -0.309 e. The summed E-state index contributed by atoms with van der Waals surface area (Å²) in [7, 11) is 0. The Labute approximate surface area is 416 Å². The third kappa shape index (κ3) is 6.84. The van der Waals surface area contributed by atoms with E-state index in [0.29, 0.717) is 28.5 Å². The summed E-state index contributed by atoms with van der Waals surface area (Å²) < 4.78 is 52.9. The van der Waals surface area contributed by atoms with Crippen LogP contribution < -0.4 is 0 Å². The predicted octanol–water partition coefficient (Wildman–Crippen LogP) is 16.8. The van der Waals surface area contributed by atoms with Gasteiger partial charge in [-0.1, -0.05) is 164 Å². The zero-order chi connectivity index (χ0) is 48.8. The predicted molar refractivity (Wildman–Crippen MR) is 290 cm³/mol. The number of hydrogen-bond donors (Lipinski definition) is 0. The highest BCUT2D eigenvalue weighted by Gasteiger charge is 2.34. The third-order valence-electron chi connectivity index (χ3n) is 14.1. The van der Waals surface area contributed by atoms with Crippen molar-refractivity contribution in [2.75, 3.05) is 0 Å². The Morgan fingerprint density at radius 2 is 0.630 bits per heavy atom. The number of nitrogens with zero attached hydrogens (tertiary/aromatic N) is 6. The number of hydrogen-bond acceptors (Lipinski definition) is 3. The molecule has 4 aromatic heterocycles. The minimum absolute atomic E-state index is 0.00694. The summed E-state index contributed by atoms with van der Waals surface area (Å²) in [5.74, 6) is 1.05. The van der Waals surface area contributed by atoms with E-state index in [2.05, 4.69) is 147 Å². The Morgan fingerprint density at radius 3 is 1.10 bits per heavy atom. The van der Waals surface area contributed by atoms with Crippen LogP contribution in [-0.4, -0.2) is 28.7 Å². The van der Waals surface area contributed by atoms with Crippen molar-refractivity contribution in [2.24, 2.45) is 0 Å². The van der Waals surface area contributed by atoms with Crippen LogP contribution in [0.4, 0.5) is 13.2 Å². The van der Waals surface area contributed by atoms with E-state index >= 15 is 13.2 Å². The molecule has 10 aromatic carbocycles. The lowest BCUT2D eigenvalue weighted by Gasteiger charge is -2.19. The van der Waals surface area contributed by atoms with Gasteiger partial charge in [-0.2, -0.15) is 13.2 Å². The Balaban J connectivity index is 1.08. The zero-order valence-corrected chi connectivity index (χ0v) is 38.8. The molecule has 0 radical (unpaired) electrons. The van der Waals surface area contributed by atoms with Gasteiger partial charge in [-0.15, -0.1) is 0 Å². The number of para-hydroxylation sites is 4. The van der Waals surface area contributed by atoms with Gasteiger partial charge in [0.1, 0.15) is 0 Å². The quantitative estimate of drug-likeness (QED) is 0.160. The van der Waals surface area contributed by atoms with Crippen molar-refractivity contribution in [3.63, 3.8) is 0 Å². The van der Waals surface area contributed by atoms with Crippen LogP contribution in [0, 0.1) is 0 Å². The average Bonchev–Trinajstić information content (AvgIpc) is 4.08. The second-order valence-electron chi connectivity index (χ2n) is 18.3. The summed E-state index contributed by atoms with van der Waals surface area (Å²) >= 11 is 0. The van der Waals surface area contributed by atoms with Crippen LogP contribution in [0.25, 0.3) is 128 Å². The van der Waals surface area contributed by atoms with E-state index in [-0.39, 0.29) is 11.4 Å². The lowest BCUT2D eigenvalue weighted by atomic mass is 9.93. The Kier molecular flexibility index (Phi) is 9.56. The molecule has 346 valence electrons. The first kappa shape index (κ1) is 42.3. The summed E-state index contributed by atoms with van der Waals surface area (Å²) in [6, 6.07) is 77.3. The number of fused-ring (bicyclic) bond motifs is 9. The van der Waals surface area contributed by atoms with Crippen LogP contribution in [-0.2, 0) is 6.18 Å². The van der Waals surface area contributed by atoms with E-state index in [1.54, 1.807) is 6.07 Å². The van der Waals surface area contributed by atoms with Crippen molar-refractivity contribution in [2.45, 2.75) is 6.18 Å². The molecule has 0 unspecified atom stereocenters. The molecule has 0 saturated carbocycles. The van der Waals surface area contributed by atoms with Crippen molar-refractivity contribution >= 4 is 65.4 Å². The van der Waals surface area contributed by atoms with Crippen LogP contribution in [0.2, 0.25) is 0 Å². The molecule has 73 heavy (non-hydrogen) atoms. The molecular formula is C64H39F3N6. The van der Waals surface area contributed by atoms with Crippen LogP contribution >= 0.6 is 0 Å². The fourth-order valence-electron chi connectivity index (χ4n) is 10.9. The number of alkyl halides is 3. The Morgan fingerprint density at radius 1 is 0.274 bits per heavy atom. The average molecular weight is 949 g/mol. The molecule has 0 bridgehead atoms. The van der Waals surface area contributed by atoms with Gasteiger partial charge in [0.25, 0.3) is 0 Å². The number of halogens is 3. The molecule has 0 amide bonds. The van der Waals surface area contributed by atoms with Gasteiger partial charge in [0.05, 0.1) is 38.7 Å². The fourth-order valence-corrected chi connectivity index (χ4v) is 10.9. The molecule has 14 aromatic rings. The summed E-state index contributed by atoms with van der Waals surface area (Å²) in [6.45, 7) is 0. The molecule has 0 aliphatic heterocycles. The van der Waals surface area contributed by atoms with Gasteiger partial charge >= 0.3 is 6.18 Å². The van der Waals surface area contributed by atoms with E-state index in [1.807, 2.05) is 78.9 Å². The molecular weight excluding hydrogens is 910 g/mol. The highest BCUT2D eigenvalue weighted by molar-refractivity contribution is 6.14. The van der Waals surface area contributed by atoms with Gasteiger partial charge in [0, 0.05) is 66.1 Å². The highest BCUT2D eigenvalue weighted by Crippen LogP contribution is 2.44. The third-order valence-corrected chi connectivity index (χ3v) is 14.1. The zero-order valence-electron chi connectivity index (χ0n) is 38.8. The monoisotopic (exact) mass is 948 g/mol. The minimum atomic E-state index is -4.67. The second kappa shape index (κ2) is 16.5. The van der Waals surface area contributed by atoms with E-state index in [0.717, 1.165) is 94.0 Å². The molecule has 0 N–H and O–H groups in total. The van der Waals surface area contributed by atoms with Gasteiger partial charge in [0.15, 0.2) is 17.5 Å². The summed E-state index contributed by atoms with van der Waals surface area (Å²) in [6.07, 6.45) is -4.67. The van der Waals surface area contributed by atoms with Gasteiger partial charge in [-0.25, -0.2) is 15.0 Å². The maximum absolute atomic E-state index is 15.4. The van der Waals surface area contributed by atoms with Crippen molar-refractivity contribution in [3.8, 4) is 62.4 Å². The van der Waals surface area contributed by atoms with Crippen molar-refractivity contribution in [3.05, 3.63) is 242 Å². The summed E-state index contributed by atoms with van der Waals surface area (Å²) in [5, 5.41) is 6.55. The lowest BCUT2D eigenvalue weighted by Crippen LogP contribution is -2.08.